The molecule has 1 heterocycles. The van der Waals surface area contributed by atoms with E-state index in [0.717, 1.165) is 42.9 Å². The maximum absolute atomic E-state index is 14.5. The number of rotatable bonds is 7. The van der Waals surface area contributed by atoms with Crippen molar-refractivity contribution in [1.29, 1.82) is 0 Å². The molecule has 33 heavy (non-hydrogen) atoms. The highest BCUT2D eigenvalue weighted by molar-refractivity contribution is 6.15. The molecule has 0 spiro atoms. The van der Waals surface area contributed by atoms with Gasteiger partial charge in [-0.15, -0.1) is 11.6 Å². The first-order valence-corrected chi connectivity index (χ1v) is 12.3. The molecule has 0 N–H and O–H groups in total. The van der Waals surface area contributed by atoms with Crippen LogP contribution in [0.3, 0.4) is 0 Å². The van der Waals surface area contributed by atoms with E-state index in [1.807, 2.05) is 12.1 Å². The Bertz CT molecular complexity index is 976. The van der Waals surface area contributed by atoms with E-state index in [9.17, 15) is 4.39 Å². The second-order valence-electron chi connectivity index (χ2n) is 10.7. The topological polar surface area (TPSA) is 21.5 Å². The van der Waals surface area contributed by atoms with Gasteiger partial charge in [-0.25, -0.2) is 8.97 Å². The van der Waals surface area contributed by atoms with Crippen molar-refractivity contribution in [3.8, 4) is 11.5 Å². The molecule has 0 aliphatic carbocycles. The molecular weight excluding hydrogens is 437 g/mol. The number of halogens is 2. The van der Waals surface area contributed by atoms with Crippen LogP contribution >= 0.6 is 11.6 Å². The third kappa shape index (κ3) is 7.20. The van der Waals surface area contributed by atoms with Crippen LogP contribution in [0.1, 0.15) is 64.2 Å². The van der Waals surface area contributed by atoms with Crippen LogP contribution in [-0.2, 0) is 13.0 Å². The van der Waals surface area contributed by atoms with E-state index in [4.69, 9.17) is 9.47 Å². The zero-order chi connectivity index (χ0) is 24.8. The molecule has 1 aliphatic heterocycles. The summed E-state index contributed by atoms with van der Waals surface area (Å²) in [5, 5.41) is 0. The molecule has 0 fully saturated rings. The minimum absolute atomic E-state index is 0.100. The molecule has 0 aromatic heterocycles. The number of alkyl halides is 1. The second kappa shape index (κ2) is 11.4. The molecule has 0 saturated carbocycles. The molecule has 0 saturated heterocycles. The first kappa shape index (κ1) is 27.2. The van der Waals surface area contributed by atoms with Gasteiger partial charge in [0.1, 0.15) is 12.4 Å². The Morgan fingerprint density at radius 3 is 2.15 bits per heavy atom. The Hall–Kier alpha value is -2.07. The first-order valence-electron chi connectivity index (χ1n) is 11.5. The Morgan fingerprint density at radius 1 is 0.970 bits per heavy atom. The summed E-state index contributed by atoms with van der Waals surface area (Å²) in [6.07, 6.45) is 4.38. The van der Waals surface area contributed by atoms with E-state index < -0.39 is 0 Å². The summed E-state index contributed by atoms with van der Waals surface area (Å²) in [6.45, 7) is 13.0. The molecule has 0 bridgehead atoms. The number of hydrogen-bond donors (Lipinski definition) is 0. The molecule has 182 valence electrons. The normalized spacial score (nSPS) is 13.8. The highest BCUT2D eigenvalue weighted by Gasteiger charge is 2.35. The summed E-state index contributed by atoms with van der Waals surface area (Å²) in [5.41, 5.74) is 4.79. The first-order chi connectivity index (χ1) is 15.5. The smallest absolute Gasteiger partial charge is 0.184 e. The average Bonchev–Trinajstić information content (AvgIpc) is 2.75. The van der Waals surface area contributed by atoms with Crippen LogP contribution in [-0.4, -0.2) is 37.4 Å². The van der Waals surface area contributed by atoms with E-state index in [1.54, 1.807) is 26.4 Å². The van der Waals surface area contributed by atoms with Crippen molar-refractivity contribution < 1.29 is 18.4 Å². The molecule has 2 aromatic carbocycles. The van der Waals surface area contributed by atoms with Crippen molar-refractivity contribution in [3.05, 3.63) is 58.9 Å². The van der Waals surface area contributed by atoms with Crippen molar-refractivity contribution in [1.82, 2.24) is 0 Å². The van der Waals surface area contributed by atoms with Gasteiger partial charge in [-0.05, 0) is 47.1 Å². The van der Waals surface area contributed by atoms with Gasteiger partial charge < -0.3 is 9.47 Å². The number of fused-ring (bicyclic) bond motifs is 1. The number of methoxy groups -OCH3 is 2. The summed E-state index contributed by atoms with van der Waals surface area (Å²) >= 11 is 4.64. The molecule has 0 unspecified atom stereocenters. The predicted octanol–water partition coefficient (Wildman–Crippen LogP) is 7.11. The fraction of sp³-hybridized carbons (Fsp3) is 0.536. The third-order valence-corrected chi connectivity index (χ3v) is 5.93. The largest absolute Gasteiger partial charge is 0.493 e. The molecule has 1 aliphatic rings. The Balaban J connectivity index is 0.00000187. The highest BCUT2D eigenvalue weighted by atomic mass is 35.5. The van der Waals surface area contributed by atoms with E-state index >= 15 is 0 Å². The summed E-state index contributed by atoms with van der Waals surface area (Å²) in [5.74, 6) is 1.35. The quantitative estimate of drug-likeness (QED) is 0.313. The molecule has 0 amide bonds. The SMILES string of the molecule is CCl.COc1cc2c(cc1OC)C(CC(C)(C)CC(C)(C)C)=[N+](Cc1ccccc1F)CC2. The van der Waals surface area contributed by atoms with Crippen molar-refractivity contribution in [2.75, 3.05) is 27.1 Å². The summed E-state index contributed by atoms with van der Waals surface area (Å²) in [6, 6.07) is 11.3. The van der Waals surface area contributed by atoms with Gasteiger partial charge in [0.25, 0.3) is 0 Å². The van der Waals surface area contributed by atoms with Gasteiger partial charge in [0.05, 0.1) is 19.8 Å². The van der Waals surface area contributed by atoms with Crippen molar-refractivity contribution in [2.45, 2.75) is 60.4 Å². The molecule has 0 radical (unpaired) electrons. The van der Waals surface area contributed by atoms with Gasteiger partial charge >= 0.3 is 0 Å². The van der Waals surface area contributed by atoms with Gasteiger partial charge in [-0.2, -0.15) is 0 Å². The van der Waals surface area contributed by atoms with Crippen molar-refractivity contribution >= 4 is 17.3 Å². The van der Waals surface area contributed by atoms with Gasteiger partial charge in [-0.3, -0.25) is 0 Å². The highest BCUT2D eigenvalue weighted by Crippen LogP contribution is 2.39. The fourth-order valence-corrected chi connectivity index (χ4v) is 5.12. The van der Waals surface area contributed by atoms with Crippen LogP contribution in [0.15, 0.2) is 36.4 Å². The maximum atomic E-state index is 14.5. The lowest BCUT2D eigenvalue weighted by Gasteiger charge is -2.33. The van der Waals surface area contributed by atoms with Crippen LogP contribution in [0.5, 0.6) is 11.5 Å². The van der Waals surface area contributed by atoms with Gasteiger partial charge in [0.2, 0.25) is 0 Å². The summed E-state index contributed by atoms with van der Waals surface area (Å²) < 4.78 is 28.0. The average molecular weight is 477 g/mol. The van der Waals surface area contributed by atoms with E-state index in [1.165, 1.54) is 23.2 Å². The number of hydrogen-bond acceptors (Lipinski definition) is 2. The van der Waals surface area contributed by atoms with Crippen LogP contribution in [0.2, 0.25) is 0 Å². The lowest BCUT2D eigenvalue weighted by Crippen LogP contribution is -2.34. The van der Waals surface area contributed by atoms with Gasteiger partial charge in [-0.1, -0.05) is 46.8 Å². The Labute approximate surface area is 204 Å². The Morgan fingerprint density at radius 2 is 1.58 bits per heavy atom. The number of benzene rings is 2. The van der Waals surface area contributed by atoms with E-state index in [-0.39, 0.29) is 16.6 Å². The lowest BCUT2D eigenvalue weighted by molar-refractivity contribution is -0.546. The standard InChI is InChI=1S/C27H37FNO2.CH3Cl/c1-26(2,3)18-27(4,5)16-23-21-15-25(31-7)24(30-6)14-19(21)12-13-29(23)17-20-10-8-9-11-22(20)28;1-2/h8-11,14-15H,12-13,16-18H2,1-7H3;1H3/q+1;. The van der Waals surface area contributed by atoms with Crippen LogP contribution < -0.4 is 9.47 Å². The molecule has 0 atom stereocenters. The van der Waals surface area contributed by atoms with E-state index in [2.05, 4.69) is 62.9 Å². The zero-order valence-electron chi connectivity index (χ0n) is 21.5. The van der Waals surface area contributed by atoms with E-state index in [0.29, 0.717) is 6.54 Å². The number of ether oxygens (including phenoxy) is 2. The van der Waals surface area contributed by atoms with Crippen molar-refractivity contribution in [3.63, 3.8) is 0 Å². The third-order valence-electron chi connectivity index (χ3n) is 5.93. The maximum Gasteiger partial charge on any atom is 0.184 e. The Kier molecular flexibility index (Phi) is 9.37. The molecular formula is C28H40ClFNO2+. The monoisotopic (exact) mass is 476 g/mol. The van der Waals surface area contributed by atoms with Crippen LogP contribution in [0.4, 0.5) is 4.39 Å². The summed E-state index contributed by atoms with van der Waals surface area (Å²) in [4.78, 5) is 0. The molecule has 3 nitrogen and oxygen atoms in total. The summed E-state index contributed by atoms with van der Waals surface area (Å²) in [7, 11) is 3.35. The van der Waals surface area contributed by atoms with Gasteiger partial charge in [0.15, 0.2) is 23.8 Å². The fourth-order valence-electron chi connectivity index (χ4n) is 5.12. The lowest BCUT2D eigenvalue weighted by atomic mass is 9.72. The van der Waals surface area contributed by atoms with Crippen LogP contribution in [0.25, 0.3) is 0 Å². The van der Waals surface area contributed by atoms with Crippen LogP contribution in [0, 0.1) is 16.6 Å². The molecule has 5 heteroatoms. The molecule has 2 aromatic rings. The number of nitrogens with zero attached hydrogens (tertiary/aromatic N) is 1. The zero-order valence-corrected chi connectivity index (χ0v) is 22.3. The minimum Gasteiger partial charge on any atom is -0.493 e. The molecule has 3 rings (SSSR count). The second-order valence-corrected chi connectivity index (χ2v) is 10.7. The predicted molar refractivity (Wildman–Crippen MR) is 137 cm³/mol. The minimum atomic E-state index is -0.145. The van der Waals surface area contributed by atoms with Crippen molar-refractivity contribution in [2.24, 2.45) is 10.8 Å². The van der Waals surface area contributed by atoms with Gasteiger partial charge in [0, 0.05) is 24.8 Å².